The molecule has 294 valence electrons. The smallest absolute Gasteiger partial charge is 0.160 e. The molecule has 0 fully saturated rings. The predicted octanol–water partition coefficient (Wildman–Crippen LogP) is 13.6. The highest BCUT2D eigenvalue weighted by Crippen LogP contribution is 2.46. The lowest BCUT2D eigenvalue weighted by Gasteiger charge is -2.13. The molecule has 0 unspecified atom stereocenters. The summed E-state index contributed by atoms with van der Waals surface area (Å²) in [6.07, 6.45) is 6.81. The maximum atomic E-state index is 13.4. The van der Waals surface area contributed by atoms with Crippen LogP contribution in [0.5, 0.6) is 5.75 Å². The molecule has 2 aliphatic heterocycles. The molecule has 0 amide bonds. The highest BCUT2D eigenvalue weighted by atomic mass is 16.5. The molecule has 2 N–H and O–H groups in total. The number of methoxy groups -OCH3 is 1. The van der Waals surface area contributed by atoms with Crippen molar-refractivity contribution in [3.63, 3.8) is 0 Å². The number of H-pyrrole nitrogens is 2. The fourth-order valence-electron chi connectivity index (χ4n) is 9.59. The summed E-state index contributed by atoms with van der Waals surface area (Å²) in [6, 6.07) is 21.1. The number of aryl methyl sites for hydroxylation is 4. The molecule has 6 heteroatoms. The predicted molar refractivity (Wildman–Crippen MR) is 241 cm³/mol. The van der Waals surface area contributed by atoms with Gasteiger partial charge in [0.1, 0.15) is 5.75 Å². The number of hydrogen-bond donors (Lipinski definition) is 2. The molecule has 6 nitrogen and oxygen atoms in total. The molecule has 2 aliphatic rings. The van der Waals surface area contributed by atoms with Gasteiger partial charge in [-0.05, 0) is 138 Å². The molecule has 8 bridgehead atoms. The average molecular weight is 759 g/mol. The summed E-state index contributed by atoms with van der Waals surface area (Å²) in [5.74, 6) is 0.869. The van der Waals surface area contributed by atoms with E-state index in [1.165, 1.54) is 44.5 Å². The zero-order chi connectivity index (χ0) is 40.5. The third-order valence-electron chi connectivity index (χ3n) is 12.2. The summed E-state index contributed by atoms with van der Waals surface area (Å²) in [5, 5.41) is 0. The molecule has 0 radical (unpaired) electrons. The Labute approximate surface area is 338 Å². The summed E-state index contributed by atoms with van der Waals surface area (Å²) in [7, 11) is 1.72. The van der Waals surface area contributed by atoms with Crippen molar-refractivity contribution in [2.24, 2.45) is 0 Å². The second-order valence-corrected chi connectivity index (χ2v) is 15.0. The number of ether oxygens (including phenoxy) is 1. The number of carbonyl (C=O) groups excluding carboxylic acids is 1. The van der Waals surface area contributed by atoms with Crippen LogP contribution >= 0.6 is 0 Å². The molecule has 0 atom stereocenters. The molecule has 0 spiro atoms. The number of allylic oxidation sites excluding steroid dienone is 4. The molecule has 57 heavy (non-hydrogen) atoms. The van der Waals surface area contributed by atoms with Crippen LogP contribution in [0.3, 0.4) is 0 Å². The van der Waals surface area contributed by atoms with Crippen molar-refractivity contribution < 1.29 is 9.53 Å². The maximum Gasteiger partial charge on any atom is 0.160 e. The van der Waals surface area contributed by atoms with Crippen LogP contribution in [-0.2, 0) is 25.7 Å². The number of benzene rings is 2. The van der Waals surface area contributed by atoms with E-state index in [0.29, 0.717) is 5.56 Å². The topological polar surface area (TPSA) is 83.7 Å². The van der Waals surface area contributed by atoms with Gasteiger partial charge in [0.2, 0.25) is 0 Å². The zero-order valence-corrected chi connectivity index (χ0v) is 35.6. The maximum absolute atomic E-state index is 13.4. The van der Waals surface area contributed by atoms with Crippen LogP contribution in [0, 0.1) is 0 Å². The molecular formula is C51H58N4O2. The van der Waals surface area contributed by atoms with E-state index in [0.717, 1.165) is 124 Å². The highest BCUT2D eigenvalue weighted by Gasteiger charge is 2.28. The Kier molecular flexibility index (Phi) is 11.5. The van der Waals surface area contributed by atoms with Crippen molar-refractivity contribution in [2.45, 2.75) is 114 Å². The number of aromatic nitrogens is 4. The normalized spacial score (nSPS) is 12.9. The standard InChI is InChI=1S/C51H58N4O2/c1-11-32-36(15-5)48-46(30-23-25-31(57-10)26-24-30)49-37(16-6)33(12-2)43(53-49)28-45-35(14-4)39(18-8)51(55-45)47(41-22-20-19-21-40(41)29(9)56)50-38(17-7)34(13-3)44(54-50)27-42(32)52-48/h19-28,52,55H,11-18H2,1-10H3. The molecular weight excluding hydrogens is 701 g/mol. The third kappa shape index (κ3) is 6.67. The first-order chi connectivity index (χ1) is 27.7. The number of carbonyl (C=O) groups is 1. The van der Waals surface area contributed by atoms with Gasteiger partial charge in [-0.15, -0.1) is 0 Å². The second-order valence-electron chi connectivity index (χ2n) is 15.0. The van der Waals surface area contributed by atoms with Gasteiger partial charge in [-0.3, -0.25) is 4.79 Å². The van der Waals surface area contributed by atoms with E-state index in [1.54, 1.807) is 14.0 Å². The minimum absolute atomic E-state index is 0.0418. The molecule has 5 aromatic rings. The lowest BCUT2D eigenvalue weighted by molar-refractivity contribution is 0.101. The van der Waals surface area contributed by atoms with E-state index in [1.807, 2.05) is 18.2 Å². The Balaban J connectivity index is 1.82. The molecule has 0 saturated carbocycles. The third-order valence-corrected chi connectivity index (χ3v) is 12.2. The number of ketones is 1. The number of rotatable bonds is 12. The van der Waals surface area contributed by atoms with Crippen LogP contribution in [0.1, 0.15) is 143 Å². The Morgan fingerprint density at radius 3 is 1.46 bits per heavy atom. The first kappa shape index (κ1) is 39.7. The molecule has 0 aliphatic carbocycles. The van der Waals surface area contributed by atoms with Crippen molar-refractivity contribution >= 4 is 50.1 Å². The Morgan fingerprint density at radius 2 is 1.02 bits per heavy atom. The van der Waals surface area contributed by atoms with Gasteiger partial charge in [0, 0.05) is 27.7 Å². The highest BCUT2D eigenvalue weighted by molar-refractivity contribution is 6.08. The Bertz CT molecular complexity index is 2610. The van der Waals surface area contributed by atoms with Crippen LogP contribution in [0.25, 0.3) is 66.6 Å². The molecule has 0 saturated heterocycles. The van der Waals surface area contributed by atoms with Crippen molar-refractivity contribution in [3.8, 4) is 28.0 Å². The van der Waals surface area contributed by atoms with Gasteiger partial charge < -0.3 is 14.7 Å². The number of hydrogen-bond acceptors (Lipinski definition) is 4. The van der Waals surface area contributed by atoms with E-state index < -0.39 is 0 Å². The van der Waals surface area contributed by atoms with Gasteiger partial charge >= 0.3 is 0 Å². The van der Waals surface area contributed by atoms with Crippen molar-refractivity contribution in [3.05, 3.63) is 111 Å². The van der Waals surface area contributed by atoms with Crippen LogP contribution in [0.4, 0.5) is 0 Å². The number of Topliss-reactive ketones (excluding diaryl/α,β-unsaturated/α-hetero) is 1. The van der Waals surface area contributed by atoms with Crippen molar-refractivity contribution in [1.29, 1.82) is 0 Å². The SMILES string of the molecule is CCC1=C(CC)c2nc1cc1[nH]c(c(CC)c1CC)c(-c1ccccc1C(C)=O)c1nc(cc3[nH]c(c(CC)c3CC)c2-c2ccc(OC)cc2)C(CC)=C1CC. The first-order valence-electron chi connectivity index (χ1n) is 21.2. The van der Waals surface area contributed by atoms with Gasteiger partial charge in [-0.2, -0.15) is 0 Å². The molecule has 3 aromatic heterocycles. The fourth-order valence-corrected chi connectivity index (χ4v) is 9.59. The van der Waals surface area contributed by atoms with Gasteiger partial charge in [0.25, 0.3) is 0 Å². The summed E-state index contributed by atoms with van der Waals surface area (Å²) in [6.45, 7) is 19.7. The minimum atomic E-state index is 0.0418. The monoisotopic (exact) mass is 758 g/mol. The summed E-state index contributed by atoms with van der Waals surface area (Å²) >= 11 is 0. The molecule has 7 rings (SSSR count). The average Bonchev–Trinajstić information content (AvgIpc) is 3.97. The quantitative estimate of drug-likeness (QED) is 0.124. The largest absolute Gasteiger partial charge is 0.497 e. The summed E-state index contributed by atoms with van der Waals surface area (Å²) < 4.78 is 5.63. The van der Waals surface area contributed by atoms with E-state index in [9.17, 15) is 4.79 Å². The van der Waals surface area contributed by atoms with Crippen LogP contribution in [0.2, 0.25) is 0 Å². The minimum Gasteiger partial charge on any atom is -0.497 e. The summed E-state index contributed by atoms with van der Waals surface area (Å²) in [4.78, 5) is 32.7. The summed E-state index contributed by atoms with van der Waals surface area (Å²) in [5.41, 5.74) is 23.3. The van der Waals surface area contributed by atoms with Gasteiger partial charge in [-0.1, -0.05) is 91.8 Å². The lowest BCUT2D eigenvalue weighted by Crippen LogP contribution is -1.99. The van der Waals surface area contributed by atoms with E-state index >= 15 is 0 Å². The fraction of sp³-hybridized carbons (Fsp3) is 0.353. The number of aromatic amines is 2. The molecule has 2 aromatic carbocycles. The lowest BCUT2D eigenvalue weighted by atomic mass is 9.90. The van der Waals surface area contributed by atoms with Crippen LogP contribution in [-0.4, -0.2) is 32.8 Å². The molecule has 5 heterocycles. The van der Waals surface area contributed by atoms with E-state index in [2.05, 4.69) is 108 Å². The number of nitrogens with one attached hydrogen (secondary N) is 2. The zero-order valence-electron chi connectivity index (χ0n) is 35.6. The Morgan fingerprint density at radius 1 is 0.561 bits per heavy atom. The number of fused-ring (bicyclic) bond motifs is 8. The second kappa shape index (κ2) is 16.5. The first-order valence-corrected chi connectivity index (χ1v) is 21.2. The van der Waals surface area contributed by atoms with Crippen molar-refractivity contribution in [1.82, 2.24) is 19.9 Å². The van der Waals surface area contributed by atoms with E-state index in [-0.39, 0.29) is 5.78 Å². The van der Waals surface area contributed by atoms with Gasteiger partial charge in [-0.25, -0.2) is 9.97 Å². The van der Waals surface area contributed by atoms with E-state index in [4.69, 9.17) is 14.7 Å². The van der Waals surface area contributed by atoms with Gasteiger partial charge in [0.05, 0.1) is 40.9 Å². The van der Waals surface area contributed by atoms with Crippen LogP contribution < -0.4 is 4.74 Å². The van der Waals surface area contributed by atoms with Gasteiger partial charge in [0.15, 0.2) is 5.78 Å². The number of nitrogens with zero attached hydrogens (tertiary/aromatic N) is 2. The van der Waals surface area contributed by atoms with Crippen molar-refractivity contribution in [2.75, 3.05) is 7.11 Å². The van der Waals surface area contributed by atoms with Crippen LogP contribution in [0.15, 0.2) is 60.7 Å². The Hall–Kier alpha value is -5.49.